The van der Waals surface area contributed by atoms with Gasteiger partial charge in [0.25, 0.3) is 0 Å². The predicted octanol–water partition coefficient (Wildman–Crippen LogP) is 2.55. The molecule has 0 saturated heterocycles. The molecule has 5 heteroatoms. The van der Waals surface area contributed by atoms with Gasteiger partial charge in [-0.25, -0.2) is 4.98 Å². The Morgan fingerprint density at radius 1 is 1.21 bits per heavy atom. The summed E-state index contributed by atoms with van der Waals surface area (Å²) in [5, 5.41) is 3.49. The molecule has 1 heterocycles. The molecule has 1 aromatic heterocycles. The number of rotatable bonds is 6. The maximum absolute atomic E-state index is 5.54. The maximum Gasteiger partial charge on any atom is 0.218 e. The van der Waals surface area contributed by atoms with Crippen molar-refractivity contribution in [1.82, 2.24) is 9.97 Å². The Bertz CT molecular complexity index is 392. The van der Waals surface area contributed by atoms with E-state index >= 15 is 0 Å². The van der Waals surface area contributed by atoms with Crippen LogP contribution in [0.4, 0.5) is 5.82 Å². The molecule has 2 rings (SSSR count). The fourth-order valence-corrected chi connectivity index (χ4v) is 2.37. The molecule has 0 aliphatic heterocycles. The molecule has 0 bridgehead atoms. The molecule has 0 amide bonds. The highest BCUT2D eigenvalue weighted by molar-refractivity contribution is 5.39. The second kappa shape index (κ2) is 7.28. The third-order valence-corrected chi connectivity index (χ3v) is 3.31. The molecular formula is C14H23N3O2. The smallest absolute Gasteiger partial charge is 0.218 e. The van der Waals surface area contributed by atoms with Gasteiger partial charge < -0.3 is 14.8 Å². The van der Waals surface area contributed by atoms with Crippen molar-refractivity contribution in [1.29, 1.82) is 0 Å². The summed E-state index contributed by atoms with van der Waals surface area (Å²) < 4.78 is 10.5. The lowest BCUT2D eigenvalue weighted by Crippen LogP contribution is -2.23. The van der Waals surface area contributed by atoms with E-state index in [2.05, 4.69) is 15.3 Å². The molecule has 19 heavy (non-hydrogen) atoms. The van der Waals surface area contributed by atoms with Crippen molar-refractivity contribution in [2.75, 3.05) is 25.6 Å². The zero-order valence-corrected chi connectivity index (χ0v) is 11.8. The van der Waals surface area contributed by atoms with Crippen molar-refractivity contribution in [3.63, 3.8) is 0 Å². The Hall–Kier alpha value is -1.36. The number of anilines is 1. The van der Waals surface area contributed by atoms with Crippen LogP contribution in [0, 0.1) is 6.92 Å². The molecule has 0 atom stereocenters. The van der Waals surface area contributed by atoms with Crippen LogP contribution in [0.15, 0.2) is 6.07 Å². The van der Waals surface area contributed by atoms with E-state index in [1.807, 2.05) is 13.0 Å². The number of methoxy groups -OCH3 is 1. The van der Waals surface area contributed by atoms with Gasteiger partial charge in [-0.3, -0.25) is 0 Å². The summed E-state index contributed by atoms with van der Waals surface area (Å²) in [6, 6.07) is 2.41. The molecule has 0 radical (unpaired) electrons. The molecule has 1 fully saturated rings. The van der Waals surface area contributed by atoms with E-state index in [0.29, 0.717) is 25.1 Å². The molecule has 5 nitrogen and oxygen atoms in total. The summed E-state index contributed by atoms with van der Waals surface area (Å²) in [7, 11) is 1.66. The normalized spacial score (nSPS) is 16.3. The van der Waals surface area contributed by atoms with Gasteiger partial charge in [0.1, 0.15) is 18.2 Å². The largest absolute Gasteiger partial charge is 0.475 e. The lowest BCUT2D eigenvalue weighted by Gasteiger charge is -2.23. The Morgan fingerprint density at radius 3 is 2.74 bits per heavy atom. The number of aromatic nitrogens is 2. The number of ether oxygens (including phenoxy) is 2. The summed E-state index contributed by atoms with van der Waals surface area (Å²) in [5.41, 5.74) is 0. The summed E-state index contributed by atoms with van der Waals surface area (Å²) in [5.74, 6) is 2.21. The van der Waals surface area contributed by atoms with Gasteiger partial charge in [-0.05, 0) is 19.8 Å². The highest BCUT2D eigenvalue weighted by Gasteiger charge is 2.14. The third kappa shape index (κ3) is 4.67. The maximum atomic E-state index is 5.54. The molecule has 0 unspecified atom stereocenters. The van der Waals surface area contributed by atoms with Gasteiger partial charge in [-0.1, -0.05) is 19.3 Å². The first-order valence-corrected chi connectivity index (χ1v) is 7.02. The van der Waals surface area contributed by atoms with Crippen molar-refractivity contribution in [2.24, 2.45) is 0 Å². The zero-order valence-electron chi connectivity index (χ0n) is 11.8. The lowest BCUT2D eigenvalue weighted by atomic mass is 9.95. The summed E-state index contributed by atoms with van der Waals surface area (Å²) in [6.45, 7) is 2.96. The Labute approximate surface area is 114 Å². The Kier molecular flexibility index (Phi) is 5.39. The molecular weight excluding hydrogens is 242 g/mol. The summed E-state index contributed by atoms with van der Waals surface area (Å²) >= 11 is 0. The van der Waals surface area contributed by atoms with Gasteiger partial charge in [0.05, 0.1) is 6.61 Å². The van der Waals surface area contributed by atoms with Crippen molar-refractivity contribution in [2.45, 2.75) is 45.1 Å². The van der Waals surface area contributed by atoms with Crippen LogP contribution in [0.1, 0.15) is 37.9 Å². The van der Waals surface area contributed by atoms with Crippen molar-refractivity contribution < 1.29 is 9.47 Å². The third-order valence-electron chi connectivity index (χ3n) is 3.31. The number of nitrogens with zero attached hydrogens (tertiary/aromatic N) is 2. The Balaban J connectivity index is 1.95. The molecule has 1 saturated carbocycles. The minimum absolute atomic E-state index is 0.510. The standard InChI is InChI=1S/C14H23N3O2/c1-11-15-13(17-12-6-4-3-5-7-12)10-14(16-11)19-9-8-18-2/h10,12H,3-9H2,1-2H3,(H,15,16,17). The topological polar surface area (TPSA) is 56.3 Å². The molecule has 0 spiro atoms. The van der Waals surface area contributed by atoms with E-state index in [9.17, 15) is 0 Å². The summed E-state index contributed by atoms with van der Waals surface area (Å²) in [6.07, 6.45) is 6.41. The number of hydrogen-bond acceptors (Lipinski definition) is 5. The molecule has 0 aromatic carbocycles. The fourth-order valence-electron chi connectivity index (χ4n) is 2.37. The van der Waals surface area contributed by atoms with Crippen LogP contribution < -0.4 is 10.1 Å². The number of hydrogen-bond donors (Lipinski definition) is 1. The first-order chi connectivity index (χ1) is 9.28. The second-order valence-electron chi connectivity index (χ2n) is 4.96. The van der Waals surface area contributed by atoms with Crippen LogP contribution in [-0.2, 0) is 4.74 Å². The van der Waals surface area contributed by atoms with E-state index in [-0.39, 0.29) is 0 Å². The molecule has 1 aromatic rings. The van der Waals surface area contributed by atoms with Crippen LogP contribution in [0.25, 0.3) is 0 Å². The zero-order chi connectivity index (χ0) is 13.5. The quantitative estimate of drug-likeness (QED) is 0.801. The molecule has 106 valence electrons. The average Bonchev–Trinajstić information content (AvgIpc) is 2.39. The monoisotopic (exact) mass is 265 g/mol. The van der Waals surface area contributed by atoms with Gasteiger partial charge in [0.15, 0.2) is 0 Å². The number of aryl methyl sites for hydroxylation is 1. The first-order valence-electron chi connectivity index (χ1n) is 7.02. The SMILES string of the molecule is COCCOc1cc(NC2CCCCC2)nc(C)n1. The highest BCUT2D eigenvalue weighted by atomic mass is 16.5. The van der Waals surface area contributed by atoms with Crippen LogP contribution in [-0.4, -0.2) is 36.3 Å². The Morgan fingerprint density at radius 2 is 2.00 bits per heavy atom. The minimum atomic E-state index is 0.510. The van der Waals surface area contributed by atoms with Gasteiger partial charge in [0.2, 0.25) is 5.88 Å². The molecule has 1 N–H and O–H groups in total. The second-order valence-corrected chi connectivity index (χ2v) is 4.96. The van der Waals surface area contributed by atoms with Gasteiger partial charge in [-0.2, -0.15) is 4.98 Å². The van der Waals surface area contributed by atoms with E-state index in [0.717, 1.165) is 11.6 Å². The van der Waals surface area contributed by atoms with Gasteiger partial charge >= 0.3 is 0 Å². The van der Waals surface area contributed by atoms with Gasteiger partial charge in [-0.15, -0.1) is 0 Å². The van der Waals surface area contributed by atoms with Crippen LogP contribution in [0.2, 0.25) is 0 Å². The number of nitrogens with one attached hydrogen (secondary N) is 1. The van der Waals surface area contributed by atoms with Crippen molar-refractivity contribution in [3.05, 3.63) is 11.9 Å². The molecule has 1 aliphatic carbocycles. The highest BCUT2D eigenvalue weighted by Crippen LogP contribution is 2.22. The fraction of sp³-hybridized carbons (Fsp3) is 0.714. The van der Waals surface area contributed by atoms with E-state index < -0.39 is 0 Å². The van der Waals surface area contributed by atoms with Crippen molar-refractivity contribution in [3.8, 4) is 5.88 Å². The lowest BCUT2D eigenvalue weighted by molar-refractivity contribution is 0.143. The van der Waals surface area contributed by atoms with E-state index in [1.54, 1.807) is 7.11 Å². The molecule has 1 aliphatic rings. The van der Waals surface area contributed by atoms with Crippen molar-refractivity contribution >= 4 is 5.82 Å². The average molecular weight is 265 g/mol. The summed E-state index contributed by atoms with van der Waals surface area (Å²) in [4.78, 5) is 8.69. The minimum Gasteiger partial charge on any atom is -0.475 e. The van der Waals surface area contributed by atoms with Crippen LogP contribution >= 0.6 is 0 Å². The first kappa shape index (κ1) is 14.1. The van der Waals surface area contributed by atoms with Crippen LogP contribution in [0.5, 0.6) is 5.88 Å². The van der Waals surface area contributed by atoms with E-state index in [1.165, 1.54) is 32.1 Å². The van der Waals surface area contributed by atoms with E-state index in [4.69, 9.17) is 9.47 Å². The van der Waals surface area contributed by atoms with Gasteiger partial charge in [0, 0.05) is 19.2 Å². The predicted molar refractivity (Wildman–Crippen MR) is 74.6 cm³/mol. The van der Waals surface area contributed by atoms with Crippen LogP contribution in [0.3, 0.4) is 0 Å².